The standard InChI is InChI=1S/C51H33N5/c1-4-16-34(17-5-1)35-28-30-37(31-29-35)50-52-49(36-18-6-2-7-19-36)53-51(54-50)43-24-12-15-27-46(43)56-45-26-14-11-23-40(45)42-33-32-41-39-22-10-13-25-44(39)55(47(41)48(42)56)38-20-8-3-9-21-38/h1-33H. The van der Waals surface area contributed by atoms with Crippen molar-refractivity contribution in [2.75, 3.05) is 0 Å². The minimum Gasteiger partial charge on any atom is -0.307 e. The molecule has 0 atom stereocenters. The van der Waals surface area contributed by atoms with Crippen LogP contribution >= 0.6 is 0 Å². The Hall–Kier alpha value is -7.63. The summed E-state index contributed by atoms with van der Waals surface area (Å²) in [6.45, 7) is 0. The number of para-hydroxylation sites is 4. The van der Waals surface area contributed by atoms with E-state index in [2.05, 4.69) is 185 Å². The van der Waals surface area contributed by atoms with Crippen molar-refractivity contribution in [3.63, 3.8) is 0 Å². The molecular formula is C51H33N5. The van der Waals surface area contributed by atoms with Crippen LogP contribution < -0.4 is 0 Å². The van der Waals surface area contributed by atoms with Gasteiger partial charge in [0, 0.05) is 43.9 Å². The fourth-order valence-corrected chi connectivity index (χ4v) is 8.24. The highest BCUT2D eigenvalue weighted by atomic mass is 15.1. The summed E-state index contributed by atoms with van der Waals surface area (Å²) < 4.78 is 4.83. The van der Waals surface area contributed by atoms with Gasteiger partial charge in [0.05, 0.1) is 27.8 Å². The second-order valence-corrected chi connectivity index (χ2v) is 14.0. The van der Waals surface area contributed by atoms with Crippen molar-refractivity contribution in [2.45, 2.75) is 0 Å². The van der Waals surface area contributed by atoms with E-state index in [0.29, 0.717) is 17.5 Å². The Labute approximate surface area is 323 Å². The molecule has 0 radical (unpaired) electrons. The van der Waals surface area contributed by atoms with Crippen molar-refractivity contribution in [3.05, 3.63) is 200 Å². The summed E-state index contributed by atoms with van der Waals surface area (Å²) in [5.41, 5.74) is 11.7. The zero-order valence-electron chi connectivity index (χ0n) is 30.3. The first-order valence-electron chi connectivity index (χ1n) is 18.9. The average Bonchev–Trinajstić information content (AvgIpc) is 3.80. The molecule has 3 heterocycles. The van der Waals surface area contributed by atoms with Gasteiger partial charge in [-0.25, -0.2) is 15.0 Å². The summed E-state index contributed by atoms with van der Waals surface area (Å²) in [4.78, 5) is 15.5. The van der Waals surface area contributed by atoms with Crippen molar-refractivity contribution in [1.29, 1.82) is 0 Å². The molecule has 0 aliphatic heterocycles. The predicted octanol–water partition coefficient (Wildman–Crippen LogP) is 12.7. The normalized spacial score (nSPS) is 11.6. The lowest BCUT2D eigenvalue weighted by atomic mass is 10.0. The number of nitrogens with zero attached hydrogens (tertiary/aromatic N) is 5. The van der Waals surface area contributed by atoms with E-state index in [0.717, 1.165) is 50.2 Å². The Morgan fingerprint density at radius 1 is 0.286 bits per heavy atom. The maximum atomic E-state index is 5.25. The first-order valence-corrected chi connectivity index (χ1v) is 18.9. The van der Waals surface area contributed by atoms with Crippen LogP contribution in [0, 0.1) is 0 Å². The SMILES string of the molecule is c1ccc(-c2ccc(-c3nc(-c4ccccc4)nc(-c4ccccc4-n4c5ccccc5c5ccc6c7ccccc7n(-c7ccccc7)c6c54)n3)cc2)cc1. The van der Waals surface area contributed by atoms with Crippen molar-refractivity contribution in [1.82, 2.24) is 24.1 Å². The van der Waals surface area contributed by atoms with Gasteiger partial charge in [-0.15, -0.1) is 0 Å². The van der Waals surface area contributed by atoms with Crippen LogP contribution in [0.5, 0.6) is 0 Å². The van der Waals surface area contributed by atoms with Crippen LogP contribution in [0.4, 0.5) is 0 Å². The number of hydrogen-bond acceptors (Lipinski definition) is 3. The summed E-state index contributed by atoms with van der Waals surface area (Å²) in [7, 11) is 0. The van der Waals surface area contributed by atoms with Gasteiger partial charge in [-0.05, 0) is 47.5 Å². The topological polar surface area (TPSA) is 48.5 Å². The van der Waals surface area contributed by atoms with E-state index < -0.39 is 0 Å². The van der Waals surface area contributed by atoms with Gasteiger partial charge in [0.25, 0.3) is 0 Å². The average molecular weight is 716 g/mol. The van der Waals surface area contributed by atoms with Crippen LogP contribution in [0.3, 0.4) is 0 Å². The lowest BCUT2D eigenvalue weighted by molar-refractivity contribution is 1.06. The Morgan fingerprint density at radius 2 is 0.714 bits per heavy atom. The molecular weight excluding hydrogens is 683 g/mol. The molecule has 11 aromatic rings. The van der Waals surface area contributed by atoms with Gasteiger partial charge in [0.2, 0.25) is 0 Å². The maximum Gasteiger partial charge on any atom is 0.166 e. The van der Waals surface area contributed by atoms with Gasteiger partial charge in [0.1, 0.15) is 0 Å². The zero-order chi connectivity index (χ0) is 37.0. The van der Waals surface area contributed by atoms with Crippen LogP contribution in [0.25, 0.3) is 100 Å². The van der Waals surface area contributed by atoms with Gasteiger partial charge in [-0.1, -0.05) is 164 Å². The lowest BCUT2D eigenvalue weighted by Crippen LogP contribution is -2.04. The highest BCUT2D eigenvalue weighted by Gasteiger charge is 2.23. The van der Waals surface area contributed by atoms with Gasteiger partial charge in [-0.2, -0.15) is 0 Å². The predicted molar refractivity (Wildman–Crippen MR) is 230 cm³/mol. The zero-order valence-corrected chi connectivity index (χ0v) is 30.3. The third-order valence-electron chi connectivity index (χ3n) is 10.8. The third-order valence-corrected chi connectivity index (χ3v) is 10.8. The summed E-state index contributed by atoms with van der Waals surface area (Å²) >= 11 is 0. The highest BCUT2D eigenvalue weighted by Crippen LogP contribution is 2.43. The van der Waals surface area contributed by atoms with E-state index in [1.54, 1.807) is 0 Å². The Balaban J connectivity index is 1.20. The van der Waals surface area contributed by atoms with E-state index in [4.69, 9.17) is 15.0 Å². The van der Waals surface area contributed by atoms with Crippen LogP contribution in [0.15, 0.2) is 200 Å². The summed E-state index contributed by atoms with van der Waals surface area (Å²) in [5.74, 6) is 1.86. The largest absolute Gasteiger partial charge is 0.307 e. The summed E-state index contributed by atoms with van der Waals surface area (Å²) in [5, 5.41) is 4.78. The molecule has 0 N–H and O–H groups in total. The van der Waals surface area contributed by atoms with Crippen molar-refractivity contribution >= 4 is 43.6 Å². The molecule has 0 saturated carbocycles. The van der Waals surface area contributed by atoms with Crippen molar-refractivity contribution in [2.24, 2.45) is 0 Å². The highest BCUT2D eigenvalue weighted by molar-refractivity contribution is 6.24. The first-order chi connectivity index (χ1) is 27.8. The molecule has 0 amide bonds. The van der Waals surface area contributed by atoms with Gasteiger partial charge < -0.3 is 9.13 Å². The molecule has 0 fully saturated rings. The van der Waals surface area contributed by atoms with Gasteiger partial charge >= 0.3 is 0 Å². The fraction of sp³-hybridized carbons (Fsp3) is 0. The van der Waals surface area contributed by atoms with Crippen LogP contribution in [0.1, 0.15) is 0 Å². The Kier molecular flexibility index (Phi) is 7.42. The van der Waals surface area contributed by atoms with Crippen molar-refractivity contribution < 1.29 is 0 Å². The molecule has 8 aromatic carbocycles. The molecule has 5 heteroatoms. The van der Waals surface area contributed by atoms with E-state index >= 15 is 0 Å². The number of hydrogen-bond donors (Lipinski definition) is 0. The van der Waals surface area contributed by atoms with E-state index in [9.17, 15) is 0 Å². The van der Waals surface area contributed by atoms with E-state index in [1.165, 1.54) is 32.6 Å². The second-order valence-electron chi connectivity index (χ2n) is 14.0. The van der Waals surface area contributed by atoms with Crippen LogP contribution in [0.2, 0.25) is 0 Å². The Morgan fingerprint density at radius 3 is 1.36 bits per heavy atom. The molecule has 0 unspecified atom stereocenters. The smallest absolute Gasteiger partial charge is 0.166 e. The number of benzene rings is 8. The van der Waals surface area contributed by atoms with Crippen LogP contribution in [-0.4, -0.2) is 24.1 Å². The van der Waals surface area contributed by atoms with E-state index in [1.807, 2.05) is 24.3 Å². The molecule has 56 heavy (non-hydrogen) atoms. The van der Waals surface area contributed by atoms with Gasteiger partial charge in [0.15, 0.2) is 17.5 Å². The maximum absolute atomic E-state index is 5.25. The minimum atomic E-state index is 0.610. The third kappa shape index (κ3) is 5.13. The molecule has 0 aliphatic rings. The first kappa shape index (κ1) is 31.9. The molecule has 3 aromatic heterocycles. The summed E-state index contributed by atoms with van der Waals surface area (Å²) in [6.07, 6.45) is 0. The van der Waals surface area contributed by atoms with E-state index in [-0.39, 0.29) is 0 Å². The quantitative estimate of drug-likeness (QED) is 0.172. The number of fused-ring (bicyclic) bond motifs is 7. The fourth-order valence-electron chi connectivity index (χ4n) is 8.24. The molecule has 0 aliphatic carbocycles. The second kappa shape index (κ2) is 13.0. The van der Waals surface area contributed by atoms with Crippen LogP contribution in [-0.2, 0) is 0 Å². The minimum absolute atomic E-state index is 0.610. The van der Waals surface area contributed by atoms with Gasteiger partial charge in [-0.3, -0.25) is 0 Å². The molecule has 262 valence electrons. The molecule has 0 spiro atoms. The number of aromatic nitrogens is 5. The molecule has 0 bridgehead atoms. The Bertz CT molecular complexity index is 3220. The molecule has 0 saturated heterocycles. The number of rotatable bonds is 6. The lowest BCUT2D eigenvalue weighted by Gasteiger charge is -2.16. The van der Waals surface area contributed by atoms with Crippen molar-refractivity contribution in [3.8, 4) is 56.7 Å². The molecule has 11 rings (SSSR count). The summed E-state index contributed by atoms with van der Waals surface area (Å²) in [6, 6.07) is 70.2. The monoisotopic (exact) mass is 715 g/mol. The molecule has 5 nitrogen and oxygen atoms in total.